The molecular weight excluding hydrogens is 585 g/mol. The minimum atomic E-state index is -0.593. The number of nitrogens with one attached hydrogen (secondary N) is 2. The zero-order valence-electron chi connectivity index (χ0n) is 25.6. The van der Waals surface area contributed by atoms with E-state index in [1.807, 2.05) is 69.3 Å². The van der Waals surface area contributed by atoms with E-state index in [-0.39, 0.29) is 11.7 Å². The summed E-state index contributed by atoms with van der Waals surface area (Å²) >= 11 is 1.34. The number of nitrogens with zero attached hydrogens (tertiary/aromatic N) is 3. The number of thioether (sulfide) groups is 1. The predicted molar refractivity (Wildman–Crippen MR) is 177 cm³/mol. The number of hydrogen-bond donors (Lipinski definition) is 2. The van der Waals surface area contributed by atoms with Crippen LogP contribution in [0.2, 0.25) is 0 Å². The van der Waals surface area contributed by atoms with Crippen LogP contribution in [0.15, 0.2) is 107 Å². The van der Waals surface area contributed by atoms with Gasteiger partial charge in [0.25, 0.3) is 5.91 Å². The number of benzene rings is 4. The third-order valence-corrected chi connectivity index (χ3v) is 8.83. The molecule has 0 bridgehead atoms. The van der Waals surface area contributed by atoms with Crippen molar-refractivity contribution in [1.29, 1.82) is 0 Å². The third-order valence-electron chi connectivity index (χ3n) is 7.95. The van der Waals surface area contributed by atoms with Crippen LogP contribution in [0.25, 0.3) is 0 Å². The van der Waals surface area contributed by atoms with Gasteiger partial charge in [-0.05, 0) is 79.8 Å². The second kappa shape index (κ2) is 13.0. The van der Waals surface area contributed by atoms with Gasteiger partial charge in [-0.15, -0.1) is 5.10 Å². The Bertz CT molecular complexity index is 1900. The summed E-state index contributed by atoms with van der Waals surface area (Å²) < 4.78 is 22.2. The summed E-state index contributed by atoms with van der Waals surface area (Å²) in [6.45, 7) is 8.35. The van der Waals surface area contributed by atoms with Crippen LogP contribution in [-0.2, 0) is 17.2 Å². The maximum atomic E-state index is 14.3. The molecule has 1 aliphatic heterocycles. The fourth-order valence-electron chi connectivity index (χ4n) is 5.25. The smallest absolute Gasteiger partial charge is 0.255 e. The molecule has 0 fully saturated rings. The van der Waals surface area contributed by atoms with Gasteiger partial charge in [0.15, 0.2) is 0 Å². The lowest BCUT2D eigenvalue weighted by Gasteiger charge is -2.29. The molecule has 1 aliphatic rings. The Morgan fingerprint density at radius 3 is 2.56 bits per heavy atom. The Morgan fingerprint density at radius 1 is 0.978 bits per heavy atom. The maximum absolute atomic E-state index is 14.3. The molecule has 45 heavy (non-hydrogen) atoms. The van der Waals surface area contributed by atoms with Gasteiger partial charge < -0.3 is 15.4 Å². The van der Waals surface area contributed by atoms with Crippen molar-refractivity contribution in [3.05, 3.63) is 141 Å². The highest BCUT2D eigenvalue weighted by Gasteiger charge is 2.35. The molecule has 0 saturated carbocycles. The van der Waals surface area contributed by atoms with Crippen molar-refractivity contribution < 1.29 is 13.9 Å². The molecule has 6 rings (SSSR count). The van der Waals surface area contributed by atoms with Crippen LogP contribution in [0.3, 0.4) is 0 Å². The normalized spacial score (nSPS) is 14.1. The first-order valence-electron chi connectivity index (χ1n) is 14.7. The van der Waals surface area contributed by atoms with E-state index in [9.17, 15) is 9.18 Å². The molecule has 1 aromatic heterocycles. The first kappa shape index (κ1) is 30.1. The van der Waals surface area contributed by atoms with Gasteiger partial charge in [-0.1, -0.05) is 84.1 Å². The zero-order chi connectivity index (χ0) is 31.5. The number of carbonyl (C=O) groups excluding carboxylic acids is 1. The van der Waals surface area contributed by atoms with Gasteiger partial charge in [0, 0.05) is 17.1 Å². The summed E-state index contributed by atoms with van der Waals surface area (Å²) in [4.78, 5) is 18.8. The van der Waals surface area contributed by atoms with Crippen LogP contribution in [-0.4, -0.2) is 20.7 Å². The van der Waals surface area contributed by atoms with Gasteiger partial charge in [0.1, 0.15) is 24.2 Å². The van der Waals surface area contributed by atoms with E-state index >= 15 is 0 Å². The number of allylic oxidation sites excluding steroid dienone is 1. The topological polar surface area (TPSA) is 81.1 Å². The number of amides is 1. The minimum Gasteiger partial charge on any atom is -0.489 e. The standard InChI is InChI=1S/C36H34FN5O2S/c1-22-15-17-26(18-16-22)20-44-29-12-8-11-27(19-29)33-32(34(43)39-31-14-7-9-23(2)24(31)3)25(4)38-35-40-36(41-42(33)35)45-21-28-10-5-6-13-30(28)37/h5-19,33H,20-21H2,1-4H3,(H,39,43)(H,38,40,41). The van der Waals surface area contributed by atoms with Gasteiger partial charge in [-0.3, -0.25) is 4.79 Å². The van der Waals surface area contributed by atoms with Crippen molar-refractivity contribution >= 4 is 29.3 Å². The van der Waals surface area contributed by atoms with Gasteiger partial charge >= 0.3 is 0 Å². The first-order chi connectivity index (χ1) is 21.8. The SMILES string of the molecule is CC1=C(C(=O)Nc2cccc(C)c2C)C(c2cccc(OCc3ccc(C)cc3)c2)n2nc(SCc3ccccc3F)nc2N1. The predicted octanol–water partition coefficient (Wildman–Crippen LogP) is 8.14. The molecule has 5 aromatic rings. The summed E-state index contributed by atoms with van der Waals surface area (Å²) in [6.07, 6.45) is 0. The van der Waals surface area contributed by atoms with Crippen LogP contribution in [0, 0.1) is 26.6 Å². The zero-order valence-corrected chi connectivity index (χ0v) is 26.4. The molecule has 0 saturated heterocycles. The van der Waals surface area contributed by atoms with Gasteiger partial charge in [-0.25, -0.2) is 9.07 Å². The Kier molecular flexibility index (Phi) is 8.71. The van der Waals surface area contributed by atoms with Crippen molar-refractivity contribution in [2.24, 2.45) is 0 Å². The van der Waals surface area contributed by atoms with Gasteiger partial charge in [-0.2, -0.15) is 4.98 Å². The number of aryl methyl sites for hydroxylation is 2. The van der Waals surface area contributed by atoms with E-state index in [1.54, 1.807) is 16.8 Å². The van der Waals surface area contributed by atoms with Crippen molar-refractivity contribution in [1.82, 2.24) is 14.8 Å². The maximum Gasteiger partial charge on any atom is 0.255 e. The largest absolute Gasteiger partial charge is 0.489 e. The molecule has 9 heteroatoms. The Hall–Kier alpha value is -4.89. The molecule has 0 spiro atoms. The molecule has 7 nitrogen and oxygen atoms in total. The second-order valence-corrected chi connectivity index (χ2v) is 12.1. The van der Waals surface area contributed by atoms with Gasteiger partial charge in [0.2, 0.25) is 11.1 Å². The highest BCUT2D eigenvalue weighted by molar-refractivity contribution is 7.98. The number of rotatable bonds is 9. The number of fused-ring (bicyclic) bond motifs is 1. The summed E-state index contributed by atoms with van der Waals surface area (Å²) in [5.41, 5.74) is 7.66. The monoisotopic (exact) mass is 619 g/mol. The average molecular weight is 620 g/mol. The van der Waals surface area contributed by atoms with Crippen LogP contribution >= 0.6 is 11.8 Å². The molecule has 1 amide bonds. The Balaban J connectivity index is 1.34. The number of halogens is 1. The minimum absolute atomic E-state index is 0.244. The fraction of sp³-hybridized carbons (Fsp3) is 0.194. The third kappa shape index (κ3) is 6.63. The molecule has 0 aliphatic carbocycles. The summed E-state index contributed by atoms with van der Waals surface area (Å²) in [6, 6.07) is 27.9. The molecule has 1 unspecified atom stereocenters. The Morgan fingerprint density at radius 2 is 1.76 bits per heavy atom. The van der Waals surface area contributed by atoms with E-state index in [2.05, 4.69) is 41.8 Å². The van der Waals surface area contributed by atoms with E-state index < -0.39 is 6.04 Å². The number of ether oxygens (including phenoxy) is 1. The van der Waals surface area contributed by atoms with E-state index in [0.29, 0.717) is 46.0 Å². The molecule has 2 N–H and O–H groups in total. The molecule has 2 heterocycles. The summed E-state index contributed by atoms with van der Waals surface area (Å²) in [5.74, 6) is 1.04. The fourth-order valence-corrected chi connectivity index (χ4v) is 6.07. The highest BCUT2D eigenvalue weighted by Crippen LogP contribution is 2.38. The van der Waals surface area contributed by atoms with E-state index in [1.165, 1.54) is 23.4 Å². The van der Waals surface area contributed by atoms with Crippen molar-refractivity contribution in [2.45, 2.75) is 51.3 Å². The lowest BCUT2D eigenvalue weighted by molar-refractivity contribution is -0.113. The van der Waals surface area contributed by atoms with E-state index in [4.69, 9.17) is 14.8 Å². The number of aromatic nitrogens is 3. The quantitative estimate of drug-likeness (QED) is 0.162. The summed E-state index contributed by atoms with van der Waals surface area (Å²) in [5, 5.41) is 11.7. The molecular formula is C36H34FN5O2S. The lowest BCUT2D eigenvalue weighted by atomic mass is 9.94. The number of anilines is 2. The van der Waals surface area contributed by atoms with Crippen LogP contribution in [0.4, 0.5) is 16.0 Å². The van der Waals surface area contributed by atoms with Crippen molar-refractivity contribution in [3.8, 4) is 5.75 Å². The molecule has 4 aromatic carbocycles. The number of hydrogen-bond acceptors (Lipinski definition) is 6. The van der Waals surface area contributed by atoms with Crippen LogP contribution in [0.1, 0.15) is 46.3 Å². The highest BCUT2D eigenvalue weighted by atomic mass is 32.2. The van der Waals surface area contributed by atoms with Gasteiger partial charge in [0.05, 0.1) is 5.57 Å². The molecule has 228 valence electrons. The van der Waals surface area contributed by atoms with Crippen molar-refractivity contribution in [2.75, 3.05) is 10.6 Å². The van der Waals surface area contributed by atoms with Crippen molar-refractivity contribution in [3.63, 3.8) is 0 Å². The summed E-state index contributed by atoms with van der Waals surface area (Å²) in [7, 11) is 0. The lowest BCUT2D eigenvalue weighted by Crippen LogP contribution is -2.31. The van der Waals surface area contributed by atoms with E-state index in [0.717, 1.165) is 27.9 Å². The van der Waals surface area contributed by atoms with Crippen LogP contribution < -0.4 is 15.4 Å². The second-order valence-electron chi connectivity index (χ2n) is 11.2. The Labute approximate surface area is 266 Å². The van der Waals surface area contributed by atoms with Crippen LogP contribution in [0.5, 0.6) is 5.75 Å². The number of carbonyl (C=O) groups is 1. The molecule has 1 atom stereocenters. The first-order valence-corrected chi connectivity index (χ1v) is 15.7. The average Bonchev–Trinajstić information content (AvgIpc) is 3.44. The molecule has 0 radical (unpaired) electrons.